The molecule has 0 bridgehead atoms. The molecule has 2 aromatic carbocycles. The molecule has 0 saturated carbocycles. The van der Waals surface area contributed by atoms with Crippen molar-refractivity contribution in [1.29, 1.82) is 0 Å². The van der Waals surface area contributed by atoms with Crippen LogP contribution in [0.15, 0.2) is 82.3 Å². The zero-order valence-electron chi connectivity index (χ0n) is 15.7. The molecule has 0 spiro atoms. The second-order valence-corrected chi connectivity index (χ2v) is 8.06. The maximum Gasteiger partial charge on any atom is 0.297 e. The van der Waals surface area contributed by atoms with Crippen LogP contribution < -0.4 is 4.74 Å². The van der Waals surface area contributed by atoms with Crippen molar-refractivity contribution in [2.45, 2.75) is 25.0 Å². The highest BCUT2D eigenvalue weighted by atomic mass is 32.2. The number of rotatable bonds is 7. The van der Waals surface area contributed by atoms with Crippen molar-refractivity contribution in [3.8, 4) is 5.88 Å². The van der Waals surface area contributed by atoms with Gasteiger partial charge in [0.05, 0.1) is 22.4 Å². The van der Waals surface area contributed by atoms with Crippen LogP contribution in [0.4, 0.5) is 0 Å². The summed E-state index contributed by atoms with van der Waals surface area (Å²) in [6.45, 7) is 1.88. The Morgan fingerprint density at radius 3 is 2.34 bits per heavy atom. The van der Waals surface area contributed by atoms with Crippen LogP contribution in [0.1, 0.15) is 16.8 Å². The Kier molecular flexibility index (Phi) is 5.33. The number of nitrogens with zero attached hydrogens (tertiary/aromatic N) is 1. The second-order valence-electron chi connectivity index (χ2n) is 6.45. The highest BCUT2D eigenvalue weighted by Gasteiger charge is 2.21. The topological polar surface area (TPSA) is 78.6 Å². The lowest BCUT2D eigenvalue weighted by Gasteiger charge is -2.13. The summed E-state index contributed by atoms with van der Waals surface area (Å²) in [5, 5.41) is 0.785. The van der Waals surface area contributed by atoms with Crippen molar-refractivity contribution in [3.05, 3.63) is 89.8 Å². The molecule has 0 saturated heterocycles. The number of fused-ring (bicyclic) bond motifs is 1. The summed E-state index contributed by atoms with van der Waals surface area (Å²) >= 11 is 0. The van der Waals surface area contributed by atoms with Gasteiger partial charge in [0.15, 0.2) is 0 Å². The van der Waals surface area contributed by atoms with Crippen LogP contribution in [0.2, 0.25) is 0 Å². The molecule has 0 amide bonds. The molecule has 29 heavy (non-hydrogen) atoms. The minimum atomic E-state index is -3.93. The first-order chi connectivity index (χ1) is 14.0. The zero-order valence-corrected chi connectivity index (χ0v) is 16.6. The van der Waals surface area contributed by atoms with Crippen LogP contribution in [0.5, 0.6) is 5.88 Å². The van der Waals surface area contributed by atoms with Crippen molar-refractivity contribution in [1.82, 2.24) is 4.98 Å². The lowest BCUT2D eigenvalue weighted by Crippen LogP contribution is -2.09. The number of aryl methyl sites for hydroxylation is 1. The SMILES string of the molecule is Cc1nc(OCc2ccccc2)c(COS(=O)(=O)c2ccccc2)c2occc12. The highest BCUT2D eigenvalue weighted by molar-refractivity contribution is 7.86. The Balaban J connectivity index is 1.65. The summed E-state index contributed by atoms with van der Waals surface area (Å²) in [5.41, 5.74) is 2.65. The van der Waals surface area contributed by atoms with Crippen LogP contribution in [0.3, 0.4) is 0 Å². The van der Waals surface area contributed by atoms with Gasteiger partial charge in [-0.05, 0) is 30.7 Å². The van der Waals surface area contributed by atoms with Gasteiger partial charge in [-0.25, -0.2) is 4.98 Å². The van der Waals surface area contributed by atoms with Gasteiger partial charge < -0.3 is 9.15 Å². The lowest BCUT2D eigenvalue weighted by atomic mass is 10.2. The highest BCUT2D eigenvalue weighted by Crippen LogP contribution is 2.31. The predicted molar refractivity (Wildman–Crippen MR) is 108 cm³/mol. The number of pyridine rings is 1. The molecule has 2 aromatic heterocycles. The monoisotopic (exact) mass is 409 g/mol. The molecule has 6 nitrogen and oxygen atoms in total. The van der Waals surface area contributed by atoms with E-state index in [0.717, 1.165) is 16.6 Å². The Morgan fingerprint density at radius 2 is 1.62 bits per heavy atom. The molecule has 0 radical (unpaired) electrons. The fraction of sp³-hybridized carbons (Fsp3) is 0.136. The van der Waals surface area contributed by atoms with Gasteiger partial charge >= 0.3 is 0 Å². The minimum absolute atomic E-state index is 0.0857. The van der Waals surface area contributed by atoms with E-state index in [2.05, 4.69) is 4.98 Å². The summed E-state index contributed by atoms with van der Waals surface area (Å²) in [6, 6.07) is 19.4. The number of hydrogen-bond donors (Lipinski definition) is 0. The quantitative estimate of drug-likeness (QED) is 0.415. The molecule has 4 aromatic rings. The van der Waals surface area contributed by atoms with E-state index in [-0.39, 0.29) is 24.0 Å². The Labute approximate surface area is 168 Å². The van der Waals surface area contributed by atoms with Crippen LogP contribution in [-0.4, -0.2) is 13.4 Å². The number of benzene rings is 2. The van der Waals surface area contributed by atoms with E-state index < -0.39 is 10.1 Å². The maximum absolute atomic E-state index is 12.5. The molecular formula is C22H19NO5S. The summed E-state index contributed by atoms with van der Waals surface area (Å²) in [6.07, 6.45) is 1.54. The van der Waals surface area contributed by atoms with Crippen molar-refractivity contribution in [2.75, 3.05) is 0 Å². The fourth-order valence-electron chi connectivity index (χ4n) is 2.97. The van der Waals surface area contributed by atoms with Crippen LogP contribution >= 0.6 is 0 Å². The molecule has 0 N–H and O–H groups in total. The number of furan rings is 1. The van der Waals surface area contributed by atoms with Crippen molar-refractivity contribution < 1.29 is 21.8 Å². The standard InChI is InChI=1S/C22H19NO5S/c1-16-19-12-13-26-21(19)20(15-28-29(24,25)18-10-6-3-7-11-18)22(23-16)27-14-17-8-4-2-5-9-17/h2-13H,14-15H2,1H3. The lowest BCUT2D eigenvalue weighted by molar-refractivity contribution is 0.267. The Morgan fingerprint density at radius 1 is 0.931 bits per heavy atom. The number of hydrogen-bond acceptors (Lipinski definition) is 6. The minimum Gasteiger partial charge on any atom is -0.472 e. The Hall–Kier alpha value is -3.16. The Bertz CT molecular complexity index is 1220. The third-order valence-electron chi connectivity index (χ3n) is 4.47. The molecule has 0 aliphatic rings. The first kappa shape index (κ1) is 19.2. The molecule has 0 aliphatic heterocycles. The van der Waals surface area contributed by atoms with E-state index in [1.165, 1.54) is 18.4 Å². The smallest absolute Gasteiger partial charge is 0.297 e. The van der Waals surface area contributed by atoms with E-state index in [0.29, 0.717) is 11.1 Å². The maximum atomic E-state index is 12.5. The van der Waals surface area contributed by atoms with Gasteiger partial charge in [-0.1, -0.05) is 48.5 Å². The van der Waals surface area contributed by atoms with Crippen LogP contribution in [0, 0.1) is 6.92 Å². The van der Waals surface area contributed by atoms with Crippen LogP contribution in [-0.2, 0) is 27.5 Å². The van der Waals surface area contributed by atoms with E-state index in [4.69, 9.17) is 13.3 Å². The first-order valence-corrected chi connectivity index (χ1v) is 10.4. The predicted octanol–water partition coefficient (Wildman–Crippen LogP) is 4.62. The number of aromatic nitrogens is 1. The van der Waals surface area contributed by atoms with Crippen molar-refractivity contribution in [3.63, 3.8) is 0 Å². The zero-order chi connectivity index (χ0) is 20.3. The van der Waals surface area contributed by atoms with E-state index in [9.17, 15) is 8.42 Å². The third kappa shape index (κ3) is 4.16. The van der Waals surface area contributed by atoms with Gasteiger partial charge in [0.2, 0.25) is 5.88 Å². The van der Waals surface area contributed by atoms with Gasteiger partial charge in [0.1, 0.15) is 18.8 Å². The molecule has 0 aliphatic carbocycles. The molecule has 0 unspecified atom stereocenters. The van der Waals surface area contributed by atoms with Gasteiger partial charge in [-0.3, -0.25) is 4.18 Å². The summed E-state index contributed by atoms with van der Waals surface area (Å²) < 4.78 is 41.9. The van der Waals surface area contributed by atoms with Gasteiger partial charge in [-0.2, -0.15) is 8.42 Å². The van der Waals surface area contributed by atoms with Crippen molar-refractivity contribution >= 4 is 21.1 Å². The first-order valence-electron chi connectivity index (χ1n) is 9.02. The molecule has 2 heterocycles. The molecule has 7 heteroatoms. The van der Waals surface area contributed by atoms with E-state index in [1.54, 1.807) is 24.3 Å². The molecule has 148 valence electrons. The fourth-order valence-corrected chi connectivity index (χ4v) is 3.87. The summed E-state index contributed by atoms with van der Waals surface area (Å²) in [7, 11) is -3.93. The van der Waals surface area contributed by atoms with Gasteiger partial charge in [0, 0.05) is 5.39 Å². The van der Waals surface area contributed by atoms with Crippen molar-refractivity contribution in [2.24, 2.45) is 0 Å². The molecular weight excluding hydrogens is 390 g/mol. The molecule has 0 fully saturated rings. The van der Waals surface area contributed by atoms with Gasteiger partial charge in [-0.15, -0.1) is 0 Å². The third-order valence-corrected chi connectivity index (χ3v) is 5.74. The summed E-state index contributed by atoms with van der Waals surface area (Å²) in [5.74, 6) is 0.289. The van der Waals surface area contributed by atoms with Crippen LogP contribution in [0.25, 0.3) is 11.0 Å². The molecule has 4 rings (SSSR count). The van der Waals surface area contributed by atoms with Gasteiger partial charge in [0.25, 0.3) is 10.1 Å². The van der Waals surface area contributed by atoms with E-state index in [1.807, 2.05) is 37.3 Å². The molecule has 0 atom stereocenters. The number of ether oxygens (including phenoxy) is 1. The average molecular weight is 409 g/mol. The normalized spacial score (nSPS) is 11.6. The summed E-state index contributed by atoms with van der Waals surface area (Å²) in [4.78, 5) is 4.59. The van der Waals surface area contributed by atoms with E-state index >= 15 is 0 Å². The largest absolute Gasteiger partial charge is 0.472 e. The average Bonchev–Trinajstić information content (AvgIpc) is 3.24. The second kappa shape index (κ2) is 8.06.